The smallest absolute Gasteiger partial charge is 0.326 e. The average Bonchev–Trinajstić information content (AvgIpc) is 3.12. The van der Waals surface area contributed by atoms with E-state index in [-0.39, 0.29) is 24.2 Å². The molecule has 0 aromatic heterocycles. The fraction of sp³-hybridized carbons (Fsp3) is 0.421. The molecule has 27 heavy (non-hydrogen) atoms. The number of carbonyl (C=O) groups excluding carboxylic acids is 2. The number of ether oxygens (including phenoxy) is 2. The van der Waals surface area contributed by atoms with Gasteiger partial charge >= 0.3 is 5.97 Å². The number of carboxylic acids is 1. The number of hydrogen-bond acceptors (Lipinski definition) is 6. The summed E-state index contributed by atoms with van der Waals surface area (Å²) in [5.74, 6) is -0.506. The van der Waals surface area contributed by atoms with Gasteiger partial charge in [0.15, 0.2) is 5.12 Å². The molecule has 0 bridgehead atoms. The lowest BCUT2D eigenvalue weighted by Crippen LogP contribution is -2.44. The van der Waals surface area contributed by atoms with E-state index in [9.17, 15) is 19.5 Å². The number of aliphatic carboxylic acids is 1. The van der Waals surface area contributed by atoms with Crippen LogP contribution in [0.15, 0.2) is 30.2 Å². The minimum atomic E-state index is -1.10. The molecule has 146 valence electrons. The van der Waals surface area contributed by atoms with Crippen LogP contribution in [0.1, 0.15) is 37.8 Å². The molecule has 0 radical (unpaired) electrons. The molecule has 0 spiro atoms. The Morgan fingerprint density at radius 1 is 1.33 bits per heavy atom. The summed E-state index contributed by atoms with van der Waals surface area (Å²) in [6, 6.07) is 4.32. The van der Waals surface area contributed by atoms with Crippen molar-refractivity contribution in [3.8, 4) is 0 Å². The highest BCUT2D eigenvalue weighted by atomic mass is 32.2. The SMILES string of the molecule is CC(=O)SCc1c(C)cccc1N(C(=O)CCC1=COCO1)[C@@H](C)C(=O)O. The lowest BCUT2D eigenvalue weighted by Gasteiger charge is -2.29. The highest BCUT2D eigenvalue weighted by Crippen LogP contribution is 2.30. The summed E-state index contributed by atoms with van der Waals surface area (Å²) in [7, 11) is 0. The second-order valence-electron chi connectivity index (χ2n) is 6.14. The minimum absolute atomic E-state index is 0.0429. The molecule has 0 aliphatic carbocycles. The standard InChI is InChI=1S/C19H23NO6S/c1-12-5-4-6-17(16(12)10-27-14(3)21)20(13(2)19(23)24)18(22)8-7-15-9-25-11-26-15/h4-6,9,13H,7-8,10-11H2,1-3H3,(H,23,24)/t13-/m0/s1. The molecule has 1 aliphatic heterocycles. The van der Waals surface area contributed by atoms with Crippen LogP contribution in [0.3, 0.4) is 0 Å². The van der Waals surface area contributed by atoms with Crippen LogP contribution in [0, 0.1) is 6.92 Å². The molecule has 1 amide bonds. The third-order valence-corrected chi connectivity index (χ3v) is 5.03. The van der Waals surface area contributed by atoms with Crippen LogP contribution in [-0.4, -0.2) is 34.9 Å². The molecular formula is C19H23NO6S. The van der Waals surface area contributed by atoms with E-state index in [4.69, 9.17) is 9.47 Å². The summed E-state index contributed by atoms with van der Waals surface area (Å²) in [6.45, 7) is 4.95. The number of rotatable bonds is 8. The van der Waals surface area contributed by atoms with Crippen molar-refractivity contribution in [2.45, 2.75) is 45.4 Å². The van der Waals surface area contributed by atoms with Gasteiger partial charge in [-0.25, -0.2) is 4.79 Å². The molecule has 0 saturated carbocycles. The average molecular weight is 393 g/mol. The third-order valence-electron chi connectivity index (χ3n) is 4.19. The van der Waals surface area contributed by atoms with Gasteiger partial charge in [-0.05, 0) is 31.0 Å². The number of benzene rings is 1. The highest BCUT2D eigenvalue weighted by molar-refractivity contribution is 8.12. The summed E-state index contributed by atoms with van der Waals surface area (Å²) >= 11 is 1.13. The van der Waals surface area contributed by atoms with Crippen LogP contribution in [0.5, 0.6) is 0 Å². The molecule has 7 nitrogen and oxygen atoms in total. The lowest BCUT2D eigenvalue weighted by molar-refractivity contribution is -0.139. The number of thioether (sulfide) groups is 1. The molecule has 1 N–H and O–H groups in total. The van der Waals surface area contributed by atoms with Crippen molar-refractivity contribution in [3.63, 3.8) is 0 Å². The zero-order valence-corrected chi connectivity index (χ0v) is 16.4. The van der Waals surface area contributed by atoms with E-state index in [1.807, 2.05) is 13.0 Å². The maximum atomic E-state index is 12.9. The van der Waals surface area contributed by atoms with Gasteiger partial charge < -0.3 is 14.6 Å². The first-order valence-corrected chi connectivity index (χ1v) is 9.50. The van der Waals surface area contributed by atoms with Crippen molar-refractivity contribution < 1.29 is 29.0 Å². The monoisotopic (exact) mass is 393 g/mol. The van der Waals surface area contributed by atoms with Crippen LogP contribution in [-0.2, 0) is 29.6 Å². The maximum absolute atomic E-state index is 12.9. The third kappa shape index (κ3) is 5.50. The van der Waals surface area contributed by atoms with E-state index in [0.29, 0.717) is 23.6 Å². The zero-order chi connectivity index (χ0) is 20.0. The maximum Gasteiger partial charge on any atom is 0.326 e. The lowest BCUT2D eigenvalue weighted by atomic mass is 10.0. The first kappa shape index (κ1) is 20.8. The van der Waals surface area contributed by atoms with Crippen LogP contribution >= 0.6 is 11.8 Å². The van der Waals surface area contributed by atoms with E-state index >= 15 is 0 Å². The van der Waals surface area contributed by atoms with Gasteiger partial charge in [0.25, 0.3) is 0 Å². The number of aryl methyl sites for hydroxylation is 1. The van der Waals surface area contributed by atoms with Crippen LogP contribution in [0.4, 0.5) is 5.69 Å². The summed E-state index contributed by atoms with van der Waals surface area (Å²) in [4.78, 5) is 37.2. The van der Waals surface area contributed by atoms with E-state index in [1.165, 1.54) is 25.0 Å². The van der Waals surface area contributed by atoms with E-state index in [1.54, 1.807) is 12.1 Å². The van der Waals surface area contributed by atoms with E-state index in [2.05, 4.69) is 0 Å². The normalized spacial score (nSPS) is 14.0. The largest absolute Gasteiger partial charge is 0.480 e. The predicted molar refractivity (Wildman–Crippen MR) is 102 cm³/mol. The number of amides is 1. The van der Waals surface area contributed by atoms with Crippen molar-refractivity contribution in [1.29, 1.82) is 0 Å². The molecule has 0 saturated heterocycles. The van der Waals surface area contributed by atoms with Gasteiger partial charge in [-0.1, -0.05) is 23.9 Å². The second-order valence-corrected chi connectivity index (χ2v) is 7.30. The van der Waals surface area contributed by atoms with Gasteiger partial charge in [0.05, 0.1) is 0 Å². The van der Waals surface area contributed by atoms with Crippen molar-refractivity contribution in [2.24, 2.45) is 0 Å². The second kappa shape index (κ2) is 9.45. The number of hydrogen-bond donors (Lipinski definition) is 1. The number of carbonyl (C=O) groups is 3. The summed E-state index contributed by atoms with van der Waals surface area (Å²) in [5.41, 5.74) is 2.19. The van der Waals surface area contributed by atoms with Gasteiger partial charge in [0.2, 0.25) is 12.7 Å². The summed E-state index contributed by atoms with van der Waals surface area (Å²) in [6.07, 6.45) is 1.87. The first-order chi connectivity index (χ1) is 12.8. The molecule has 1 atom stereocenters. The van der Waals surface area contributed by atoms with Gasteiger partial charge in [-0.3, -0.25) is 14.5 Å². The van der Waals surface area contributed by atoms with E-state index in [0.717, 1.165) is 22.9 Å². The molecular weight excluding hydrogens is 370 g/mol. The Kier molecular flexibility index (Phi) is 7.29. The van der Waals surface area contributed by atoms with Crippen molar-refractivity contribution in [1.82, 2.24) is 0 Å². The molecule has 1 aliphatic rings. The van der Waals surface area contributed by atoms with Gasteiger partial charge in [-0.2, -0.15) is 0 Å². The molecule has 0 fully saturated rings. The van der Waals surface area contributed by atoms with Crippen molar-refractivity contribution in [2.75, 3.05) is 11.7 Å². The van der Waals surface area contributed by atoms with Crippen molar-refractivity contribution >= 4 is 34.4 Å². The fourth-order valence-corrected chi connectivity index (χ4v) is 3.42. The molecule has 2 rings (SSSR count). The highest BCUT2D eigenvalue weighted by Gasteiger charge is 2.29. The topological polar surface area (TPSA) is 93.1 Å². The Morgan fingerprint density at radius 3 is 2.67 bits per heavy atom. The Balaban J connectivity index is 2.32. The Labute approximate surface area is 162 Å². The van der Waals surface area contributed by atoms with E-state index < -0.39 is 12.0 Å². The summed E-state index contributed by atoms with van der Waals surface area (Å²) in [5, 5.41) is 9.47. The molecule has 8 heteroatoms. The van der Waals surface area contributed by atoms with Crippen LogP contribution in [0.25, 0.3) is 0 Å². The molecule has 0 unspecified atom stereocenters. The van der Waals surface area contributed by atoms with Gasteiger partial charge in [0, 0.05) is 31.2 Å². The van der Waals surface area contributed by atoms with Crippen molar-refractivity contribution in [3.05, 3.63) is 41.3 Å². The predicted octanol–water partition coefficient (Wildman–Crippen LogP) is 3.21. The fourth-order valence-electron chi connectivity index (χ4n) is 2.70. The first-order valence-electron chi connectivity index (χ1n) is 8.51. The Hall–Kier alpha value is -2.48. The molecule has 1 aromatic rings. The number of allylic oxidation sites excluding steroid dienone is 1. The Bertz CT molecular complexity index is 761. The number of anilines is 1. The minimum Gasteiger partial charge on any atom is -0.480 e. The molecule has 1 heterocycles. The van der Waals surface area contributed by atoms with Gasteiger partial charge in [-0.15, -0.1) is 0 Å². The van der Waals surface area contributed by atoms with Crippen LogP contribution in [0.2, 0.25) is 0 Å². The number of nitrogens with zero attached hydrogens (tertiary/aromatic N) is 1. The summed E-state index contributed by atoms with van der Waals surface area (Å²) < 4.78 is 10.2. The molecule has 1 aromatic carbocycles. The quantitative estimate of drug-likeness (QED) is 0.725. The van der Waals surface area contributed by atoms with Gasteiger partial charge in [0.1, 0.15) is 18.1 Å². The Morgan fingerprint density at radius 2 is 2.07 bits per heavy atom. The zero-order valence-electron chi connectivity index (χ0n) is 15.6. The number of carboxylic acid groups (broad SMARTS) is 1. The van der Waals surface area contributed by atoms with Crippen LogP contribution < -0.4 is 4.90 Å².